The average molecular weight is 465 g/mol. The minimum atomic E-state index is -0.867. The number of carbonyl (C=O) groups is 4. The molecule has 1 aromatic rings. The van der Waals surface area contributed by atoms with Crippen LogP contribution in [-0.4, -0.2) is 49.6 Å². The van der Waals surface area contributed by atoms with E-state index in [1.54, 1.807) is 19.2 Å². The highest BCUT2D eigenvalue weighted by molar-refractivity contribution is 5.99. The van der Waals surface area contributed by atoms with Gasteiger partial charge in [0.1, 0.15) is 12.6 Å². The molecule has 11 nitrogen and oxygen atoms in total. The predicted octanol–water partition coefficient (Wildman–Crippen LogP) is 1.01. The molecular weight excluding hydrogens is 428 g/mol. The number of urea groups is 1. The van der Waals surface area contributed by atoms with Gasteiger partial charge in [-0.2, -0.15) is 0 Å². The van der Waals surface area contributed by atoms with Gasteiger partial charge in [0.15, 0.2) is 0 Å². The molecule has 11 heteroatoms. The first kappa shape index (κ1) is 27.7. The number of anilines is 1. The Labute approximate surface area is 194 Å². The monoisotopic (exact) mass is 464 g/mol. The minimum Gasteiger partial charge on any atom is -0.445 e. The van der Waals surface area contributed by atoms with Crippen LogP contribution in [0.3, 0.4) is 0 Å². The van der Waals surface area contributed by atoms with Crippen molar-refractivity contribution in [1.82, 2.24) is 16.0 Å². The summed E-state index contributed by atoms with van der Waals surface area (Å²) in [6, 6.07) is 1.63. The quantitative estimate of drug-likeness (QED) is 0.251. The van der Waals surface area contributed by atoms with Crippen LogP contribution in [0.2, 0.25) is 0 Å². The standard InChI is InChI=1S/C22H36N6O5/c1-12(2)17(25-5)20(30)27-16(7-6-8-26-21(23)31)19(29)28-18-13(3)9-15(10-14(18)4)11-33-22(24)32/h9-10,12,16-17,25H,6-8,11H2,1-5H3,(H2,24,32)(H,27,30)(H,28,29)(H3,23,26,31)/t16-,17-/m0/s1. The number of carbonyl (C=O) groups excluding carboxylic acids is 4. The molecule has 0 saturated carbocycles. The molecule has 0 aliphatic heterocycles. The topological polar surface area (TPSA) is 178 Å². The van der Waals surface area contributed by atoms with E-state index < -0.39 is 24.2 Å². The summed E-state index contributed by atoms with van der Waals surface area (Å²) in [5, 5.41) is 11.1. The lowest BCUT2D eigenvalue weighted by atomic mass is 10.0. The Morgan fingerprint density at radius 3 is 2.12 bits per heavy atom. The smallest absolute Gasteiger partial charge is 0.404 e. The molecule has 0 saturated heterocycles. The van der Waals surface area contributed by atoms with Crippen molar-refractivity contribution in [2.24, 2.45) is 17.4 Å². The van der Waals surface area contributed by atoms with Crippen molar-refractivity contribution in [3.63, 3.8) is 0 Å². The molecule has 0 radical (unpaired) electrons. The Kier molecular flexibility index (Phi) is 11.1. The van der Waals surface area contributed by atoms with Gasteiger partial charge in [-0.25, -0.2) is 9.59 Å². The van der Waals surface area contributed by atoms with Crippen molar-refractivity contribution in [2.75, 3.05) is 18.9 Å². The highest BCUT2D eigenvalue weighted by Crippen LogP contribution is 2.23. The predicted molar refractivity (Wildman–Crippen MR) is 125 cm³/mol. The van der Waals surface area contributed by atoms with Gasteiger partial charge < -0.3 is 37.5 Å². The summed E-state index contributed by atoms with van der Waals surface area (Å²) in [6.45, 7) is 7.75. The first-order valence-corrected chi connectivity index (χ1v) is 10.8. The van der Waals surface area contributed by atoms with E-state index >= 15 is 0 Å². The first-order valence-electron chi connectivity index (χ1n) is 10.8. The number of ether oxygens (including phenoxy) is 1. The summed E-state index contributed by atoms with van der Waals surface area (Å²) in [4.78, 5) is 47.6. The van der Waals surface area contributed by atoms with Gasteiger partial charge in [-0.1, -0.05) is 26.0 Å². The van der Waals surface area contributed by atoms with Gasteiger partial charge in [-0.05, 0) is 56.3 Å². The van der Waals surface area contributed by atoms with Gasteiger partial charge in [0, 0.05) is 12.2 Å². The van der Waals surface area contributed by atoms with Crippen LogP contribution in [0.15, 0.2) is 12.1 Å². The molecule has 0 aromatic heterocycles. The van der Waals surface area contributed by atoms with E-state index in [-0.39, 0.29) is 30.9 Å². The number of likely N-dealkylation sites (N-methyl/N-ethyl adjacent to an activating group) is 1. The zero-order chi connectivity index (χ0) is 25.1. The fraction of sp³-hybridized carbons (Fsp3) is 0.545. The lowest BCUT2D eigenvalue weighted by molar-refractivity contribution is -0.128. The van der Waals surface area contributed by atoms with Crippen LogP contribution < -0.4 is 32.7 Å². The Hall–Kier alpha value is -3.34. The average Bonchev–Trinajstić information content (AvgIpc) is 2.71. The fourth-order valence-electron chi connectivity index (χ4n) is 3.51. The summed E-state index contributed by atoms with van der Waals surface area (Å²) in [5.41, 5.74) is 13.0. The molecule has 1 rings (SSSR count). The molecule has 5 amide bonds. The molecular formula is C22H36N6O5. The van der Waals surface area contributed by atoms with Gasteiger partial charge in [0.2, 0.25) is 11.8 Å². The summed E-state index contributed by atoms with van der Waals surface area (Å²) in [6.07, 6.45) is -0.128. The molecule has 0 fully saturated rings. The number of nitrogens with one attached hydrogen (secondary N) is 4. The molecule has 0 aliphatic rings. The third-order valence-electron chi connectivity index (χ3n) is 5.08. The molecule has 0 unspecified atom stereocenters. The first-order chi connectivity index (χ1) is 15.5. The van der Waals surface area contributed by atoms with Gasteiger partial charge in [0.25, 0.3) is 0 Å². The van der Waals surface area contributed by atoms with E-state index in [2.05, 4.69) is 21.3 Å². The van der Waals surface area contributed by atoms with Gasteiger partial charge in [-0.3, -0.25) is 9.59 Å². The van der Waals surface area contributed by atoms with Crippen molar-refractivity contribution in [3.8, 4) is 0 Å². The largest absolute Gasteiger partial charge is 0.445 e. The van der Waals surface area contributed by atoms with Crippen LogP contribution in [-0.2, 0) is 20.9 Å². The number of benzene rings is 1. The van der Waals surface area contributed by atoms with Gasteiger partial charge in [-0.15, -0.1) is 0 Å². The van der Waals surface area contributed by atoms with Crippen molar-refractivity contribution in [2.45, 2.75) is 59.2 Å². The number of aryl methyl sites for hydroxylation is 2. The van der Waals surface area contributed by atoms with E-state index in [1.165, 1.54) is 0 Å². The minimum absolute atomic E-state index is 0.0231. The maximum Gasteiger partial charge on any atom is 0.404 e. The molecule has 33 heavy (non-hydrogen) atoms. The van der Waals surface area contributed by atoms with Crippen molar-refractivity contribution in [3.05, 3.63) is 28.8 Å². The second-order valence-electron chi connectivity index (χ2n) is 8.21. The highest BCUT2D eigenvalue weighted by Gasteiger charge is 2.27. The fourth-order valence-corrected chi connectivity index (χ4v) is 3.51. The SMILES string of the molecule is CN[C@H](C(=O)N[C@@H](CCCNC(N)=O)C(=O)Nc1c(C)cc(COC(N)=O)cc1C)C(C)C. The zero-order valence-corrected chi connectivity index (χ0v) is 19.9. The molecule has 0 aliphatic carbocycles. The number of nitrogens with two attached hydrogens (primary N) is 2. The van der Waals surface area contributed by atoms with Crippen LogP contribution in [0.25, 0.3) is 0 Å². The van der Waals surface area contributed by atoms with Crippen LogP contribution in [0, 0.1) is 19.8 Å². The normalized spacial score (nSPS) is 12.5. The van der Waals surface area contributed by atoms with Crippen molar-refractivity contribution in [1.29, 1.82) is 0 Å². The third-order valence-corrected chi connectivity index (χ3v) is 5.08. The number of hydrogen-bond acceptors (Lipinski definition) is 6. The summed E-state index contributed by atoms with van der Waals surface area (Å²) in [7, 11) is 1.69. The number of primary amides is 2. The molecule has 0 spiro atoms. The van der Waals surface area contributed by atoms with E-state index in [0.717, 1.165) is 16.7 Å². The maximum absolute atomic E-state index is 13.1. The van der Waals surface area contributed by atoms with Crippen LogP contribution >= 0.6 is 0 Å². The second kappa shape index (κ2) is 13.3. The Bertz CT molecular complexity index is 835. The van der Waals surface area contributed by atoms with E-state index in [1.807, 2.05) is 27.7 Å². The Balaban J connectivity index is 3.00. The summed E-state index contributed by atoms with van der Waals surface area (Å²) < 4.78 is 4.82. The molecule has 2 atom stereocenters. The van der Waals surface area contributed by atoms with Crippen LogP contribution in [0.4, 0.5) is 15.3 Å². The third kappa shape index (κ3) is 9.36. The molecule has 0 bridgehead atoms. The van der Waals surface area contributed by atoms with Crippen molar-refractivity contribution < 1.29 is 23.9 Å². The lowest BCUT2D eigenvalue weighted by Crippen LogP contribution is -2.52. The summed E-state index contributed by atoms with van der Waals surface area (Å²) in [5.74, 6) is -0.647. The highest BCUT2D eigenvalue weighted by atomic mass is 16.5. The van der Waals surface area contributed by atoms with Gasteiger partial charge in [0.05, 0.1) is 6.04 Å². The number of amides is 5. The second-order valence-corrected chi connectivity index (χ2v) is 8.21. The van der Waals surface area contributed by atoms with Crippen LogP contribution in [0.1, 0.15) is 43.4 Å². The van der Waals surface area contributed by atoms with Crippen LogP contribution in [0.5, 0.6) is 0 Å². The molecule has 1 aromatic carbocycles. The van der Waals surface area contributed by atoms with E-state index in [4.69, 9.17) is 16.2 Å². The number of rotatable bonds is 12. The summed E-state index contributed by atoms with van der Waals surface area (Å²) >= 11 is 0. The van der Waals surface area contributed by atoms with Crippen molar-refractivity contribution >= 4 is 29.6 Å². The van der Waals surface area contributed by atoms with E-state index in [9.17, 15) is 19.2 Å². The molecule has 184 valence electrons. The molecule has 0 heterocycles. The van der Waals surface area contributed by atoms with Gasteiger partial charge >= 0.3 is 12.1 Å². The zero-order valence-electron chi connectivity index (χ0n) is 19.9. The number of hydrogen-bond donors (Lipinski definition) is 6. The molecule has 8 N–H and O–H groups in total. The Morgan fingerprint density at radius 2 is 1.64 bits per heavy atom. The van der Waals surface area contributed by atoms with E-state index in [0.29, 0.717) is 18.5 Å². The lowest BCUT2D eigenvalue weighted by Gasteiger charge is -2.25. The Morgan fingerprint density at radius 1 is 1.03 bits per heavy atom. The maximum atomic E-state index is 13.1.